The van der Waals surface area contributed by atoms with Crippen molar-refractivity contribution in [2.45, 2.75) is 12.0 Å². The number of pyridine rings is 1. The van der Waals surface area contributed by atoms with Crippen molar-refractivity contribution >= 4 is 28.3 Å². The smallest absolute Gasteiger partial charge is 0.258 e. The van der Waals surface area contributed by atoms with Crippen molar-refractivity contribution in [2.24, 2.45) is 0 Å². The van der Waals surface area contributed by atoms with Crippen LogP contribution in [0.4, 0.5) is 4.39 Å². The lowest BCUT2D eigenvalue weighted by atomic mass is 9.90. The summed E-state index contributed by atoms with van der Waals surface area (Å²) in [6, 6.07) is 10.7. The van der Waals surface area contributed by atoms with Crippen LogP contribution in [0, 0.1) is 5.95 Å². The average molecular weight is 408 g/mol. The van der Waals surface area contributed by atoms with E-state index in [0.29, 0.717) is 45.8 Å². The lowest BCUT2D eigenvalue weighted by Gasteiger charge is -2.21. The van der Waals surface area contributed by atoms with E-state index >= 15 is 0 Å². The summed E-state index contributed by atoms with van der Waals surface area (Å²) in [5, 5.41) is 14.0. The van der Waals surface area contributed by atoms with Crippen LogP contribution in [0.2, 0.25) is 0 Å². The second kappa shape index (κ2) is 6.47. The Morgan fingerprint density at radius 3 is 2.97 bits per heavy atom. The van der Waals surface area contributed by atoms with Crippen LogP contribution in [-0.2, 0) is 10.4 Å². The number of aromatic amines is 1. The van der Waals surface area contributed by atoms with Gasteiger partial charge in [0.05, 0.1) is 11.3 Å². The molecule has 0 aliphatic carbocycles. The van der Waals surface area contributed by atoms with Crippen LogP contribution in [0.5, 0.6) is 0 Å². The fraction of sp³-hybridized carbons (Fsp3) is 0.190. The van der Waals surface area contributed by atoms with E-state index in [1.165, 1.54) is 16.2 Å². The topological polar surface area (TPSA) is 82.1 Å². The van der Waals surface area contributed by atoms with Gasteiger partial charge in [-0.15, -0.1) is 11.3 Å². The number of hydrogen-bond acceptors (Lipinski definition) is 5. The molecule has 29 heavy (non-hydrogen) atoms. The molecule has 5 rings (SSSR count). The Kier molecular flexibility index (Phi) is 4.01. The van der Waals surface area contributed by atoms with Gasteiger partial charge in [0.1, 0.15) is 10.7 Å². The van der Waals surface area contributed by atoms with Gasteiger partial charge in [0.2, 0.25) is 5.95 Å². The first-order chi connectivity index (χ1) is 14.0. The van der Waals surface area contributed by atoms with Crippen LogP contribution in [-0.4, -0.2) is 44.5 Å². The van der Waals surface area contributed by atoms with Gasteiger partial charge in [-0.1, -0.05) is 18.2 Å². The summed E-state index contributed by atoms with van der Waals surface area (Å²) in [5.74, 6) is -0.774. The molecule has 4 aromatic rings. The normalized spacial score (nSPS) is 19.4. The summed E-state index contributed by atoms with van der Waals surface area (Å²) >= 11 is 1.33. The number of hydrogen-bond donors (Lipinski definition) is 2. The van der Waals surface area contributed by atoms with Crippen molar-refractivity contribution in [1.29, 1.82) is 0 Å². The van der Waals surface area contributed by atoms with E-state index in [2.05, 4.69) is 15.0 Å². The second-order valence-electron chi connectivity index (χ2n) is 7.17. The summed E-state index contributed by atoms with van der Waals surface area (Å²) in [7, 11) is 1.68. The minimum Gasteiger partial charge on any atom is -0.375 e. The molecule has 6 nitrogen and oxygen atoms in total. The van der Waals surface area contributed by atoms with Gasteiger partial charge >= 0.3 is 0 Å². The van der Waals surface area contributed by atoms with Crippen molar-refractivity contribution in [3.05, 3.63) is 59.5 Å². The van der Waals surface area contributed by atoms with E-state index in [-0.39, 0.29) is 5.91 Å². The summed E-state index contributed by atoms with van der Waals surface area (Å²) < 4.78 is 14.5. The lowest BCUT2D eigenvalue weighted by molar-refractivity contribution is -0.143. The maximum absolute atomic E-state index is 14.5. The Morgan fingerprint density at radius 1 is 1.31 bits per heavy atom. The summed E-state index contributed by atoms with van der Waals surface area (Å²) in [4.78, 5) is 25.3. The first-order valence-electron chi connectivity index (χ1n) is 9.14. The standard InChI is InChI=1S/C21H17FN4O2S/c1-26-9-7-21(28,20(26)27)13-5-2-4-12(10-13)15-11-29-19(24-15)16-14-6-3-8-23-18(14)25-17(16)22/h2-6,8,10-11,28H,7,9H2,1H3,(H,23,25)/t21-/m1/s1. The van der Waals surface area contributed by atoms with E-state index in [0.717, 1.165) is 5.56 Å². The van der Waals surface area contributed by atoms with Gasteiger partial charge in [0.25, 0.3) is 5.91 Å². The summed E-state index contributed by atoms with van der Waals surface area (Å²) in [5.41, 5.74) is 1.32. The van der Waals surface area contributed by atoms with E-state index in [1.807, 2.05) is 11.4 Å². The number of rotatable bonds is 3. The van der Waals surface area contributed by atoms with Gasteiger partial charge in [-0.2, -0.15) is 4.39 Å². The number of aromatic nitrogens is 3. The number of benzene rings is 1. The Labute approximate surface area is 169 Å². The number of likely N-dealkylation sites (tertiary alicyclic amines) is 1. The molecule has 1 fully saturated rings. The molecule has 146 valence electrons. The van der Waals surface area contributed by atoms with Crippen molar-refractivity contribution < 1.29 is 14.3 Å². The van der Waals surface area contributed by atoms with Crippen molar-refractivity contribution in [2.75, 3.05) is 13.6 Å². The lowest BCUT2D eigenvalue weighted by Crippen LogP contribution is -2.36. The third-order valence-electron chi connectivity index (χ3n) is 5.39. The Balaban J connectivity index is 1.55. The zero-order valence-electron chi connectivity index (χ0n) is 15.5. The second-order valence-corrected chi connectivity index (χ2v) is 8.03. The van der Waals surface area contributed by atoms with Gasteiger partial charge in [0, 0.05) is 42.5 Å². The largest absolute Gasteiger partial charge is 0.375 e. The highest BCUT2D eigenvalue weighted by molar-refractivity contribution is 7.13. The Morgan fingerprint density at radius 2 is 2.17 bits per heavy atom. The molecule has 1 aliphatic heterocycles. The van der Waals surface area contributed by atoms with E-state index < -0.39 is 11.5 Å². The van der Waals surface area contributed by atoms with Crippen LogP contribution < -0.4 is 0 Å². The van der Waals surface area contributed by atoms with Crippen molar-refractivity contribution in [3.8, 4) is 21.8 Å². The molecule has 1 saturated heterocycles. The third-order valence-corrected chi connectivity index (χ3v) is 6.25. The molecule has 0 spiro atoms. The van der Waals surface area contributed by atoms with Crippen LogP contribution in [0.15, 0.2) is 48.0 Å². The van der Waals surface area contributed by atoms with Crippen molar-refractivity contribution in [3.63, 3.8) is 0 Å². The van der Waals surface area contributed by atoms with Gasteiger partial charge in [-0.3, -0.25) is 4.79 Å². The van der Waals surface area contributed by atoms with Gasteiger partial charge in [-0.25, -0.2) is 9.97 Å². The third kappa shape index (κ3) is 2.75. The molecule has 1 atom stereocenters. The number of carbonyl (C=O) groups is 1. The number of fused-ring (bicyclic) bond motifs is 1. The van der Waals surface area contributed by atoms with Crippen LogP contribution >= 0.6 is 11.3 Å². The SMILES string of the molecule is CN1CC[C@@](O)(c2cccc(-c3csc(-c4c(F)[nH]c5ncccc45)n3)c2)C1=O. The zero-order chi connectivity index (χ0) is 20.2. The molecule has 0 bridgehead atoms. The Bertz CT molecular complexity index is 1250. The first-order valence-corrected chi connectivity index (χ1v) is 10.0. The number of nitrogens with zero attached hydrogens (tertiary/aromatic N) is 3. The average Bonchev–Trinajstić information content (AvgIpc) is 3.41. The molecular formula is C21H17FN4O2S. The number of halogens is 1. The van der Waals surface area contributed by atoms with Crippen LogP contribution in [0.25, 0.3) is 32.9 Å². The number of nitrogens with one attached hydrogen (secondary N) is 1. The number of amides is 1. The van der Waals surface area contributed by atoms with Crippen LogP contribution in [0.1, 0.15) is 12.0 Å². The maximum Gasteiger partial charge on any atom is 0.258 e. The number of thiazole rings is 1. The quantitative estimate of drug-likeness (QED) is 0.543. The van der Waals surface area contributed by atoms with E-state index in [9.17, 15) is 14.3 Å². The molecular weight excluding hydrogens is 391 g/mol. The molecule has 3 aromatic heterocycles. The highest BCUT2D eigenvalue weighted by Crippen LogP contribution is 2.37. The van der Waals surface area contributed by atoms with Crippen LogP contribution in [0.3, 0.4) is 0 Å². The fourth-order valence-corrected chi connectivity index (χ4v) is 4.66. The number of H-pyrrole nitrogens is 1. The molecule has 0 radical (unpaired) electrons. The summed E-state index contributed by atoms with van der Waals surface area (Å²) in [6.45, 7) is 0.508. The predicted molar refractivity (Wildman–Crippen MR) is 109 cm³/mol. The fourth-order valence-electron chi connectivity index (χ4n) is 3.78. The van der Waals surface area contributed by atoms with Gasteiger partial charge < -0.3 is 15.0 Å². The molecule has 0 saturated carbocycles. The minimum atomic E-state index is -1.52. The number of carbonyl (C=O) groups excluding carboxylic acids is 1. The maximum atomic E-state index is 14.5. The molecule has 1 aromatic carbocycles. The number of likely N-dealkylation sites (N-methyl/N-ethyl adjacent to an activating group) is 1. The molecule has 4 heterocycles. The van der Waals surface area contributed by atoms with Gasteiger partial charge in [0.15, 0.2) is 5.60 Å². The predicted octanol–water partition coefficient (Wildman–Crippen LogP) is 3.54. The Hall–Kier alpha value is -3.10. The molecule has 8 heteroatoms. The minimum absolute atomic E-state index is 0.304. The van der Waals surface area contributed by atoms with Crippen molar-refractivity contribution in [1.82, 2.24) is 19.9 Å². The summed E-state index contributed by atoms with van der Waals surface area (Å²) in [6.07, 6.45) is 1.95. The van der Waals surface area contributed by atoms with E-state index in [1.54, 1.807) is 43.6 Å². The monoisotopic (exact) mass is 408 g/mol. The molecule has 1 amide bonds. The highest BCUT2D eigenvalue weighted by Gasteiger charge is 2.45. The van der Waals surface area contributed by atoms with E-state index in [4.69, 9.17) is 0 Å². The van der Waals surface area contributed by atoms with Gasteiger partial charge in [-0.05, 0) is 23.8 Å². The molecule has 1 aliphatic rings. The molecule has 0 unspecified atom stereocenters. The highest BCUT2D eigenvalue weighted by atomic mass is 32.1. The zero-order valence-corrected chi connectivity index (χ0v) is 16.3. The molecule has 2 N–H and O–H groups in total. The first kappa shape index (κ1) is 18.0. The number of aliphatic hydroxyl groups is 1.